The number of hydrogen-bond acceptors (Lipinski definition) is 7. The van der Waals surface area contributed by atoms with Gasteiger partial charge in [0.1, 0.15) is 0 Å². The first-order chi connectivity index (χ1) is 9.83. The highest BCUT2D eigenvalue weighted by molar-refractivity contribution is 5.43. The molecular weight excluding hydrogens is 256 g/mol. The van der Waals surface area contributed by atoms with Crippen LogP contribution in [0.4, 0.5) is 17.8 Å². The summed E-state index contributed by atoms with van der Waals surface area (Å²) in [7, 11) is 3.53. The largest absolute Gasteiger partial charge is 0.385 e. The maximum atomic E-state index is 5.03. The van der Waals surface area contributed by atoms with E-state index in [2.05, 4.69) is 30.5 Å². The van der Waals surface area contributed by atoms with Gasteiger partial charge in [-0.1, -0.05) is 0 Å². The van der Waals surface area contributed by atoms with Gasteiger partial charge in [-0.3, -0.25) is 0 Å². The zero-order chi connectivity index (χ0) is 14.2. The molecule has 0 spiro atoms. The van der Waals surface area contributed by atoms with Crippen LogP contribution < -0.4 is 15.5 Å². The predicted octanol–water partition coefficient (Wildman–Crippen LogP) is 1.35. The Morgan fingerprint density at radius 1 is 1.10 bits per heavy atom. The summed E-state index contributed by atoms with van der Waals surface area (Å²) in [5, 5.41) is 6.22. The molecule has 0 unspecified atom stereocenters. The maximum Gasteiger partial charge on any atom is 0.231 e. The lowest BCUT2D eigenvalue weighted by Crippen LogP contribution is -2.31. The third kappa shape index (κ3) is 4.19. The quantitative estimate of drug-likeness (QED) is 0.730. The third-order valence-corrected chi connectivity index (χ3v) is 3.29. The average Bonchev–Trinajstić information content (AvgIpc) is 2.52. The lowest BCUT2D eigenvalue weighted by atomic mass is 10.1. The number of methoxy groups -OCH3 is 1. The number of aromatic nitrogens is 3. The molecule has 0 bridgehead atoms. The van der Waals surface area contributed by atoms with Crippen LogP contribution in [0.3, 0.4) is 0 Å². The predicted molar refractivity (Wildman–Crippen MR) is 80.4 cm³/mol. The molecule has 7 heteroatoms. The lowest BCUT2D eigenvalue weighted by molar-refractivity contribution is 0.197. The monoisotopic (exact) mass is 280 g/mol. The molecule has 1 aromatic rings. The van der Waals surface area contributed by atoms with Crippen LogP contribution in [-0.4, -0.2) is 55.4 Å². The highest BCUT2D eigenvalue weighted by atomic mass is 16.5. The summed E-state index contributed by atoms with van der Waals surface area (Å²) < 4.78 is 5.03. The first-order valence-corrected chi connectivity index (χ1v) is 7.25. The first kappa shape index (κ1) is 14.8. The van der Waals surface area contributed by atoms with Crippen molar-refractivity contribution in [1.82, 2.24) is 15.0 Å². The normalized spacial score (nSPS) is 15.2. The topological polar surface area (TPSA) is 75.2 Å². The van der Waals surface area contributed by atoms with Crippen molar-refractivity contribution in [2.24, 2.45) is 0 Å². The Hall–Kier alpha value is -1.63. The lowest BCUT2D eigenvalue weighted by Gasteiger charge is -2.26. The van der Waals surface area contributed by atoms with E-state index in [1.54, 1.807) is 7.11 Å². The van der Waals surface area contributed by atoms with E-state index in [0.29, 0.717) is 11.9 Å². The molecule has 2 heterocycles. The summed E-state index contributed by atoms with van der Waals surface area (Å²) in [5.74, 6) is 1.99. The van der Waals surface area contributed by atoms with Crippen molar-refractivity contribution in [3.63, 3.8) is 0 Å². The summed E-state index contributed by atoms with van der Waals surface area (Å²) >= 11 is 0. The Morgan fingerprint density at radius 2 is 1.85 bits per heavy atom. The van der Waals surface area contributed by atoms with Gasteiger partial charge < -0.3 is 20.3 Å². The summed E-state index contributed by atoms with van der Waals surface area (Å²) in [6.07, 6.45) is 4.63. The molecule has 7 nitrogen and oxygen atoms in total. The smallest absolute Gasteiger partial charge is 0.231 e. The van der Waals surface area contributed by atoms with Crippen LogP contribution in [0.5, 0.6) is 0 Å². The van der Waals surface area contributed by atoms with Gasteiger partial charge in [0.05, 0.1) is 0 Å². The number of rotatable bonds is 7. The summed E-state index contributed by atoms with van der Waals surface area (Å²) in [5.41, 5.74) is 0. The van der Waals surface area contributed by atoms with Crippen molar-refractivity contribution in [2.45, 2.75) is 25.7 Å². The highest BCUT2D eigenvalue weighted by Crippen LogP contribution is 2.18. The van der Waals surface area contributed by atoms with Crippen molar-refractivity contribution in [2.75, 3.05) is 55.9 Å². The van der Waals surface area contributed by atoms with E-state index in [4.69, 9.17) is 4.74 Å². The van der Waals surface area contributed by atoms with E-state index in [9.17, 15) is 0 Å². The highest BCUT2D eigenvalue weighted by Gasteiger charge is 2.15. The molecule has 112 valence electrons. The molecule has 20 heavy (non-hydrogen) atoms. The van der Waals surface area contributed by atoms with Gasteiger partial charge in [0.25, 0.3) is 0 Å². The molecule has 0 radical (unpaired) electrons. The van der Waals surface area contributed by atoms with Gasteiger partial charge in [-0.15, -0.1) is 0 Å². The second-order valence-electron chi connectivity index (χ2n) is 4.85. The van der Waals surface area contributed by atoms with Gasteiger partial charge in [0.2, 0.25) is 17.8 Å². The standard InChI is InChI=1S/C13H24N6O/c1-14-11-16-12(15-7-6-10-20-2)18-13(17-11)19-8-4-3-5-9-19/h3-10H2,1-2H3,(H2,14,15,16,17,18). The van der Waals surface area contributed by atoms with Crippen molar-refractivity contribution in [1.29, 1.82) is 0 Å². The molecule has 1 saturated heterocycles. The van der Waals surface area contributed by atoms with Crippen LogP contribution in [0.15, 0.2) is 0 Å². The van der Waals surface area contributed by atoms with Gasteiger partial charge in [0, 0.05) is 40.4 Å². The first-order valence-electron chi connectivity index (χ1n) is 7.25. The molecule has 1 aromatic heterocycles. The van der Waals surface area contributed by atoms with E-state index >= 15 is 0 Å². The Labute approximate surface area is 120 Å². The molecule has 1 aliphatic rings. The third-order valence-electron chi connectivity index (χ3n) is 3.29. The minimum atomic E-state index is 0.606. The second kappa shape index (κ2) is 7.84. The summed E-state index contributed by atoms with van der Waals surface area (Å²) in [6, 6.07) is 0. The average molecular weight is 280 g/mol. The van der Waals surface area contributed by atoms with Crippen LogP contribution in [-0.2, 0) is 4.74 Å². The summed E-state index contributed by atoms with van der Waals surface area (Å²) in [6.45, 7) is 3.57. The van der Waals surface area contributed by atoms with Crippen molar-refractivity contribution < 1.29 is 4.74 Å². The van der Waals surface area contributed by atoms with Gasteiger partial charge in [-0.2, -0.15) is 15.0 Å². The minimum absolute atomic E-state index is 0.606. The van der Waals surface area contributed by atoms with E-state index in [1.165, 1.54) is 19.3 Å². The molecule has 1 fully saturated rings. The fourth-order valence-corrected chi connectivity index (χ4v) is 2.21. The molecule has 1 aliphatic heterocycles. The molecule has 0 aromatic carbocycles. The van der Waals surface area contributed by atoms with Gasteiger partial charge in [-0.05, 0) is 25.7 Å². The minimum Gasteiger partial charge on any atom is -0.385 e. The van der Waals surface area contributed by atoms with Crippen LogP contribution in [0.2, 0.25) is 0 Å². The second-order valence-corrected chi connectivity index (χ2v) is 4.85. The molecule has 0 saturated carbocycles. The number of ether oxygens (including phenoxy) is 1. The zero-order valence-electron chi connectivity index (χ0n) is 12.4. The van der Waals surface area contributed by atoms with Gasteiger partial charge in [0.15, 0.2) is 0 Å². The molecule has 0 amide bonds. The molecule has 2 N–H and O–H groups in total. The molecule has 0 atom stereocenters. The van der Waals surface area contributed by atoms with E-state index in [-0.39, 0.29) is 0 Å². The number of hydrogen-bond donors (Lipinski definition) is 2. The summed E-state index contributed by atoms with van der Waals surface area (Å²) in [4.78, 5) is 15.5. The Bertz CT molecular complexity index is 408. The van der Waals surface area contributed by atoms with Gasteiger partial charge in [-0.25, -0.2) is 0 Å². The zero-order valence-corrected chi connectivity index (χ0v) is 12.4. The van der Waals surface area contributed by atoms with Crippen molar-refractivity contribution in [3.8, 4) is 0 Å². The van der Waals surface area contributed by atoms with E-state index in [0.717, 1.165) is 38.6 Å². The van der Waals surface area contributed by atoms with Gasteiger partial charge >= 0.3 is 0 Å². The Kier molecular flexibility index (Phi) is 5.79. The number of nitrogens with one attached hydrogen (secondary N) is 2. The van der Waals surface area contributed by atoms with Crippen molar-refractivity contribution in [3.05, 3.63) is 0 Å². The van der Waals surface area contributed by atoms with Crippen LogP contribution in [0, 0.1) is 0 Å². The fourth-order valence-electron chi connectivity index (χ4n) is 2.21. The molecule has 0 aliphatic carbocycles. The molecule has 2 rings (SSSR count). The van der Waals surface area contributed by atoms with Crippen molar-refractivity contribution >= 4 is 17.8 Å². The number of piperidine rings is 1. The van der Waals surface area contributed by atoms with Crippen LogP contribution in [0.25, 0.3) is 0 Å². The Balaban J connectivity index is 2.03. The van der Waals surface area contributed by atoms with Crippen LogP contribution >= 0.6 is 0 Å². The van der Waals surface area contributed by atoms with E-state index in [1.807, 2.05) is 7.05 Å². The Morgan fingerprint density at radius 3 is 2.55 bits per heavy atom. The fraction of sp³-hybridized carbons (Fsp3) is 0.769. The number of nitrogens with zero attached hydrogens (tertiary/aromatic N) is 4. The maximum absolute atomic E-state index is 5.03. The van der Waals surface area contributed by atoms with E-state index < -0.39 is 0 Å². The van der Waals surface area contributed by atoms with Crippen LogP contribution in [0.1, 0.15) is 25.7 Å². The SMILES string of the molecule is CNc1nc(NCCCOC)nc(N2CCCCC2)n1. The number of anilines is 3. The molecular formula is C13H24N6O.